The molecule has 2 aliphatic rings. The van der Waals surface area contributed by atoms with Crippen LogP contribution in [0.25, 0.3) is 11.1 Å². The van der Waals surface area contributed by atoms with Crippen LogP contribution in [0.2, 0.25) is 0 Å². The number of piperidine rings is 1. The zero-order valence-electron chi connectivity index (χ0n) is 17.0. The summed E-state index contributed by atoms with van der Waals surface area (Å²) in [5, 5.41) is 3.48. The van der Waals surface area contributed by atoms with E-state index in [9.17, 15) is 4.79 Å². The van der Waals surface area contributed by atoms with E-state index in [2.05, 4.69) is 53.5 Å². The van der Waals surface area contributed by atoms with Crippen molar-refractivity contribution in [2.75, 3.05) is 26.2 Å². The zero-order chi connectivity index (χ0) is 19.4. The van der Waals surface area contributed by atoms with E-state index < -0.39 is 0 Å². The maximum atomic E-state index is 13.0. The number of hydrogen-bond acceptors (Lipinski definition) is 2. The Hall–Kier alpha value is -2.13. The van der Waals surface area contributed by atoms with Crippen LogP contribution in [-0.4, -0.2) is 37.0 Å². The van der Waals surface area contributed by atoms with Crippen LogP contribution in [-0.2, 0) is 6.42 Å². The van der Waals surface area contributed by atoms with Crippen LogP contribution < -0.4 is 5.32 Å². The molecule has 2 aromatic rings. The highest BCUT2D eigenvalue weighted by atomic mass is 16.2. The van der Waals surface area contributed by atoms with E-state index in [4.69, 9.17) is 0 Å². The molecule has 0 bridgehead atoms. The third-order valence-electron chi connectivity index (χ3n) is 6.52. The molecule has 0 saturated carbocycles. The molecule has 2 heterocycles. The number of benzene rings is 2. The summed E-state index contributed by atoms with van der Waals surface area (Å²) in [4.78, 5) is 15.1. The molecular weight excluding hydrogens is 344 g/mol. The van der Waals surface area contributed by atoms with Gasteiger partial charge in [-0.3, -0.25) is 4.79 Å². The van der Waals surface area contributed by atoms with Gasteiger partial charge in [0, 0.05) is 30.6 Å². The van der Waals surface area contributed by atoms with Gasteiger partial charge in [-0.1, -0.05) is 49.7 Å². The van der Waals surface area contributed by atoms with Crippen LogP contribution in [0.4, 0.5) is 0 Å². The SMILES string of the molecule is CCCCc1ccc(-c2ccc(C(=O)N3CCC[C@@]4(CCNC4)C3)cc2)cc1. The van der Waals surface area contributed by atoms with Crippen molar-refractivity contribution in [1.29, 1.82) is 0 Å². The molecule has 1 amide bonds. The van der Waals surface area contributed by atoms with Crippen molar-refractivity contribution < 1.29 is 4.79 Å². The van der Waals surface area contributed by atoms with Gasteiger partial charge >= 0.3 is 0 Å². The van der Waals surface area contributed by atoms with Crippen molar-refractivity contribution in [3.63, 3.8) is 0 Å². The molecule has 0 aromatic heterocycles. The highest BCUT2D eigenvalue weighted by Gasteiger charge is 2.39. The number of nitrogens with zero attached hydrogens (tertiary/aromatic N) is 1. The Labute approximate surface area is 169 Å². The highest BCUT2D eigenvalue weighted by molar-refractivity contribution is 5.94. The first kappa shape index (κ1) is 19.2. The first-order chi connectivity index (χ1) is 13.7. The summed E-state index contributed by atoms with van der Waals surface area (Å²) in [7, 11) is 0. The van der Waals surface area contributed by atoms with Gasteiger partial charge in [0.2, 0.25) is 0 Å². The molecule has 2 fully saturated rings. The maximum absolute atomic E-state index is 13.0. The third kappa shape index (κ3) is 4.15. The Balaban J connectivity index is 1.43. The molecule has 1 spiro atoms. The van der Waals surface area contributed by atoms with E-state index in [0.29, 0.717) is 5.41 Å². The summed E-state index contributed by atoms with van der Waals surface area (Å²) in [6, 6.07) is 17.0. The van der Waals surface area contributed by atoms with Gasteiger partial charge < -0.3 is 10.2 Å². The second kappa shape index (κ2) is 8.48. The lowest BCUT2D eigenvalue weighted by atomic mass is 9.79. The minimum Gasteiger partial charge on any atom is -0.338 e. The van der Waals surface area contributed by atoms with Crippen molar-refractivity contribution in [3.8, 4) is 11.1 Å². The van der Waals surface area contributed by atoms with E-state index in [1.165, 1.54) is 42.4 Å². The van der Waals surface area contributed by atoms with Gasteiger partial charge in [-0.15, -0.1) is 0 Å². The Morgan fingerprint density at radius 3 is 2.39 bits per heavy atom. The average Bonchev–Trinajstić information content (AvgIpc) is 3.19. The highest BCUT2D eigenvalue weighted by Crippen LogP contribution is 2.36. The van der Waals surface area contributed by atoms with Gasteiger partial charge in [0.1, 0.15) is 0 Å². The quantitative estimate of drug-likeness (QED) is 0.804. The number of hydrogen-bond donors (Lipinski definition) is 1. The monoisotopic (exact) mass is 376 g/mol. The summed E-state index contributed by atoms with van der Waals surface area (Å²) >= 11 is 0. The van der Waals surface area contributed by atoms with Crippen molar-refractivity contribution in [2.24, 2.45) is 5.41 Å². The summed E-state index contributed by atoms with van der Waals surface area (Å²) < 4.78 is 0. The van der Waals surface area contributed by atoms with Crippen LogP contribution in [0.15, 0.2) is 48.5 Å². The average molecular weight is 377 g/mol. The summed E-state index contributed by atoms with van der Waals surface area (Å²) in [6.45, 7) is 6.17. The van der Waals surface area contributed by atoms with Crippen molar-refractivity contribution in [2.45, 2.75) is 45.4 Å². The third-order valence-corrected chi connectivity index (χ3v) is 6.52. The van der Waals surface area contributed by atoms with Crippen LogP contribution in [0.5, 0.6) is 0 Å². The molecule has 1 atom stereocenters. The normalized spacial score (nSPS) is 22.0. The number of rotatable bonds is 5. The predicted octanol–water partition coefficient (Wildman–Crippen LogP) is 4.91. The van der Waals surface area contributed by atoms with Gasteiger partial charge in [-0.25, -0.2) is 0 Å². The predicted molar refractivity (Wildman–Crippen MR) is 116 cm³/mol. The summed E-state index contributed by atoms with van der Waals surface area (Å²) in [5.74, 6) is 0.187. The lowest BCUT2D eigenvalue weighted by Crippen LogP contribution is -2.47. The minimum atomic E-state index is 0.187. The molecule has 1 N–H and O–H groups in total. The molecule has 2 aromatic carbocycles. The van der Waals surface area contributed by atoms with Gasteiger partial charge in [0.15, 0.2) is 0 Å². The molecule has 0 aliphatic carbocycles. The van der Waals surface area contributed by atoms with Gasteiger partial charge in [-0.05, 0) is 67.5 Å². The molecule has 2 saturated heterocycles. The van der Waals surface area contributed by atoms with Gasteiger partial charge in [-0.2, -0.15) is 0 Å². The van der Waals surface area contributed by atoms with Crippen LogP contribution in [0.3, 0.4) is 0 Å². The Morgan fingerprint density at radius 2 is 1.75 bits per heavy atom. The van der Waals surface area contributed by atoms with Crippen LogP contribution in [0.1, 0.15) is 54.9 Å². The van der Waals surface area contributed by atoms with Crippen LogP contribution in [0, 0.1) is 5.41 Å². The van der Waals surface area contributed by atoms with Crippen molar-refractivity contribution in [3.05, 3.63) is 59.7 Å². The first-order valence-electron chi connectivity index (χ1n) is 10.9. The lowest BCUT2D eigenvalue weighted by molar-refractivity contribution is 0.0553. The van der Waals surface area contributed by atoms with Crippen LogP contribution >= 0.6 is 0 Å². The van der Waals surface area contributed by atoms with E-state index in [0.717, 1.165) is 44.6 Å². The fourth-order valence-corrected chi connectivity index (χ4v) is 4.76. The van der Waals surface area contributed by atoms with E-state index in [1.54, 1.807) is 0 Å². The number of nitrogens with one attached hydrogen (secondary N) is 1. The second-order valence-electron chi connectivity index (χ2n) is 8.63. The Kier molecular flexibility index (Phi) is 5.82. The molecule has 4 rings (SSSR count). The Morgan fingerprint density at radius 1 is 1.04 bits per heavy atom. The number of aryl methyl sites for hydroxylation is 1. The lowest BCUT2D eigenvalue weighted by Gasteiger charge is -2.40. The molecule has 3 nitrogen and oxygen atoms in total. The fraction of sp³-hybridized carbons (Fsp3) is 0.480. The molecule has 28 heavy (non-hydrogen) atoms. The minimum absolute atomic E-state index is 0.187. The number of carbonyl (C=O) groups excluding carboxylic acids is 1. The first-order valence-corrected chi connectivity index (χ1v) is 10.9. The van der Waals surface area contributed by atoms with Crippen molar-refractivity contribution in [1.82, 2.24) is 10.2 Å². The van der Waals surface area contributed by atoms with Gasteiger partial charge in [0.25, 0.3) is 5.91 Å². The number of unbranched alkanes of at least 4 members (excludes halogenated alkanes) is 1. The molecule has 0 radical (unpaired) electrons. The largest absolute Gasteiger partial charge is 0.338 e. The molecular formula is C25H32N2O. The number of likely N-dealkylation sites (tertiary alicyclic amines) is 1. The molecule has 2 aliphatic heterocycles. The van der Waals surface area contributed by atoms with E-state index in [-0.39, 0.29) is 5.91 Å². The fourth-order valence-electron chi connectivity index (χ4n) is 4.76. The van der Waals surface area contributed by atoms with E-state index in [1.807, 2.05) is 12.1 Å². The second-order valence-corrected chi connectivity index (χ2v) is 8.63. The van der Waals surface area contributed by atoms with Gasteiger partial charge in [0.05, 0.1) is 0 Å². The van der Waals surface area contributed by atoms with E-state index >= 15 is 0 Å². The van der Waals surface area contributed by atoms with Crippen molar-refractivity contribution >= 4 is 5.91 Å². The summed E-state index contributed by atoms with van der Waals surface area (Å²) in [6.07, 6.45) is 7.18. The number of amides is 1. The zero-order valence-corrected chi connectivity index (χ0v) is 17.0. The topological polar surface area (TPSA) is 32.3 Å². The molecule has 148 valence electrons. The Bertz CT molecular complexity index is 788. The standard InChI is InChI=1S/C25H32N2O/c1-2-3-5-20-6-8-21(9-7-20)22-10-12-23(13-11-22)24(28)27-17-4-14-25(19-27)15-16-26-18-25/h6-13,26H,2-5,14-19H2,1H3/t25-/m0/s1. The smallest absolute Gasteiger partial charge is 0.253 e. The molecule has 3 heteroatoms. The summed E-state index contributed by atoms with van der Waals surface area (Å²) in [5.41, 5.74) is 4.92. The maximum Gasteiger partial charge on any atom is 0.253 e. The number of carbonyl (C=O) groups is 1. The molecule has 0 unspecified atom stereocenters.